The minimum atomic E-state index is -0.344. The van der Waals surface area contributed by atoms with E-state index in [2.05, 4.69) is 11.6 Å². The lowest BCUT2D eigenvalue weighted by atomic mass is 10.2. The number of ether oxygens (including phenoxy) is 2. The van der Waals surface area contributed by atoms with Crippen LogP contribution in [0.1, 0.15) is 24.3 Å². The van der Waals surface area contributed by atoms with E-state index in [1.54, 1.807) is 13.0 Å². The topological polar surface area (TPSA) is 51.3 Å². The standard InChI is InChI=1S/C15H17NO3/c1-4-18-15(17)14-8-11-7-12(19-9-10(2)3)5-6-13(11)16-14/h5-8,16H,2,4,9H2,1,3H3. The van der Waals surface area contributed by atoms with Crippen molar-refractivity contribution >= 4 is 16.9 Å². The molecule has 0 aliphatic heterocycles. The molecule has 0 aliphatic rings. The normalized spacial score (nSPS) is 10.4. The van der Waals surface area contributed by atoms with E-state index in [0.29, 0.717) is 18.9 Å². The predicted molar refractivity (Wildman–Crippen MR) is 74.6 cm³/mol. The second-order valence-electron chi connectivity index (χ2n) is 4.40. The largest absolute Gasteiger partial charge is 0.489 e. The number of aromatic nitrogens is 1. The van der Waals surface area contributed by atoms with Crippen LogP contribution in [-0.4, -0.2) is 24.2 Å². The summed E-state index contributed by atoms with van der Waals surface area (Å²) in [6.45, 7) is 8.33. The van der Waals surface area contributed by atoms with Crippen molar-refractivity contribution in [1.29, 1.82) is 0 Å². The van der Waals surface area contributed by atoms with Gasteiger partial charge in [-0.15, -0.1) is 0 Å². The summed E-state index contributed by atoms with van der Waals surface area (Å²) in [6.07, 6.45) is 0. The zero-order valence-electron chi connectivity index (χ0n) is 11.2. The summed E-state index contributed by atoms with van der Waals surface area (Å²) in [6, 6.07) is 7.39. The van der Waals surface area contributed by atoms with Gasteiger partial charge in [0.1, 0.15) is 18.1 Å². The molecule has 19 heavy (non-hydrogen) atoms. The lowest BCUT2D eigenvalue weighted by Gasteiger charge is -2.05. The number of fused-ring (bicyclic) bond motifs is 1. The molecule has 0 fully saturated rings. The highest BCUT2D eigenvalue weighted by Crippen LogP contribution is 2.22. The molecule has 4 heteroatoms. The highest BCUT2D eigenvalue weighted by Gasteiger charge is 2.10. The van der Waals surface area contributed by atoms with Gasteiger partial charge in [0.15, 0.2) is 0 Å². The van der Waals surface area contributed by atoms with Crippen molar-refractivity contribution in [2.75, 3.05) is 13.2 Å². The molecular weight excluding hydrogens is 242 g/mol. The van der Waals surface area contributed by atoms with Crippen LogP contribution in [0.4, 0.5) is 0 Å². The molecule has 2 aromatic rings. The summed E-state index contributed by atoms with van der Waals surface area (Å²) in [5, 5.41) is 0.919. The monoisotopic (exact) mass is 259 g/mol. The smallest absolute Gasteiger partial charge is 0.354 e. The molecule has 2 rings (SSSR count). The fourth-order valence-electron chi connectivity index (χ4n) is 1.73. The summed E-state index contributed by atoms with van der Waals surface area (Å²) in [7, 11) is 0. The van der Waals surface area contributed by atoms with E-state index in [1.807, 2.05) is 25.1 Å². The van der Waals surface area contributed by atoms with E-state index in [0.717, 1.165) is 22.2 Å². The maximum atomic E-state index is 11.6. The van der Waals surface area contributed by atoms with Crippen molar-refractivity contribution in [2.45, 2.75) is 13.8 Å². The van der Waals surface area contributed by atoms with Gasteiger partial charge in [-0.05, 0) is 43.7 Å². The Hall–Kier alpha value is -2.23. The third kappa shape index (κ3) is 3.16. The van der Waals surface area contributed by atoms with Gasteiger partial charge in [-0.3, -0.25) is 0 Å². The zero-order chi connectivity index (χ0) is 13.8. The highest BCUT2D eigenvalue weighted by atomic mass is 16.5. The summed E-state index contributed by atoms with van der Waals surface area (Å²) >= 11 is 0. The molecule has 1 heterocycles. The Morgan fingerprint density at radius 3 is 2.84 bits per heavy atom. The van der Waals surface area contributed by atoms with Gasteiger partial charge in [0.25, 0.3) is 0 Å². The number of hydrogen-bond acceptors (Lipinski definition) is 3. The van der Waals surface area contributed by atoms with Gasteiger partial charge in [-0.1, -0.05) is 6.58 Å². The van der Waals surface area contributed by atoms with E-state index in [4.69, 9.17) is 9.47 Å². The van der Waals surface area contributed by atoms with Crippen LogP contribution in [0.2, 0.25) is 0 Å². The van der Waals surface area contributed by atoms with Gasteiger partial charge < -0.3 is 14.5 Å². The maximum absolute atomic E-state index is 11.6. The van der Waals surface area contributed by atoms with Gasteiger partial charge in [0.2, 0.25) is 0 Å². The fourth-order valence-corrected chi connectivity index (χ4v) is 1.73. The van der Waals surface area contributed by atoms with Crippen LogP contribution in [0.3, 0.4) is 0 Å². The first kappa shape index (κ1) is 13.2. The van der Waals surface area contributed by atoms with Gasteiger partial charge in [0.05, 0.1) is 6.61 Å². The third-order valence-corrected chi connectivity index (χ3v) is 2.57. The summed E-state index contributed by atoms with van der Waals surface area (Å²) in [5.41, 5.74) is 2.29. The lowest BCUT2D eigenvalue weighted by Crippen LogP contribution is -2.04. The Balaban J connectivity index is 2.23. The molecule has 0 saturated carbocycles. The van der Waals surface area contributed by atoms with Crippen LogP contribution in [0.25, 0.3) is 10.9 Å². The number of esters is 1. The van der Waals surface area contributed by atoms with E-state index in [1.165, 1.54) is 0 Å². The van der Waals surface area contributed by atoms with Gasteiger partial charge in [0, 0.05) is 10.9 Å². The summed E-state index contributed by atoms with van der Waals surface area (Å²) in [5.74, 6) is 0.410. The Kier molecular flexibility index (Phi) is 3.90. The minimum absolute atomic E-state index is 0.344. The average Bonchev–Trinajstić information content (AvgIpc) is 2.79. The molecule has 0 amide bonds. The van der Waals surface area contributed by atoms with Crippen LogP contribution in [0.5, 0.6) is 5.75 Å². The summed E-state index contributed by atoms with van der Waals surface area (Å²) in [4.78, 5) is 14.6. The molecular formula is C15H17NO3. The van der Waals surface area contributed by atoms with Crippen LogP contribution in [0, 0.1) is 0 Å². The maximum Gasteiger partial charge on any atom is 0.354 e. The molecule has 1 N–H and O–H groups in total. The second kappa shape index (κ2) is 5.61. The summed E-state index contributed by atoms with van der Waals surface area (Å²) < 4.78 is 10.5. The second-order valence-corrected chi connectivity index (χ2v) is 4.40. The molecule has 0 bridgehead atoms. The number of nitrogens with one attached hydrogen (secondary N) is 1. The molecule has 0 aliphatic carbocycles. The predicted octanol–water partition coefficient (Wildman–Crippen LogP) is 3.30. The number of carbonyl (C=O) groups is 1. The van der Waals surface area contributed by atoms with Gasteiger partial charge in [-0.25, -0.2) is 4.79 Å². The molecule has 0 spiro atoms. The van der Waals surface area contributed by atoms with Crippen molar-refractivity contribution in [1.82, 2.24) is 4.98 Å². The molecule has 1 aromatic heterocycles. The van der Waals surface area contributed by atoms with Crippen LogP contribution in [-0.2, 0) is 4.74 Å². The lowest BCUT2D eigenvalue weighted by molar-refractivity contribution is 0.0520. The van der Waals surface area contributed by atoms with E-state index >= 15 is 0 Å². The van der Waals surface area contributed by atoms with Crippen molar-refractivity contribution in [3.8, 4) is 5.75 Å². The number of benzene rings is 1. The molecule has 0 radical (unpaired) electrons. The number of rotatable bonds is 5. The molecule has 100 valence electrons. The fraction of sp³-hybridized carbons (Fsp3) is 0.267. The Morgan fingerprint density at radius 1 is 1.37 bits per heavy atom. The van der Waals surface area contributed by atoms with E-state index < -0.39 is 0 Å². The zero-order valence-corrected chi connectivity index (χ0v) is 11.2. The van der Waals surface area contributed by atoms with Crippen LogP contribution < -0.4 is 4.74 Å². The molecule has 0 unspecified atom stereocenters. The highest BCUT2D eigenvalue weighted by molar-refractivity contribution is 5.95. The van der Waals surface area contributed by atoms with Crippen LogP contribution >= 0.6 is 0 Å². The van der Waals surface area contributed by atoms with Gasteiger partial charge >= 0.3 is 5.97 Å². The number of H-pyrrole nitrogens is 1. The Labute approximate surface area is 112 Å². The van der Waals surface area contributed by atoms with Crippen molar-refractivity contribution in [3.05, 3.63) is 42.1 Å². The third-order valence-electron chi connectivity index (χ3n) is 2.57. The number of hydrogen-bond donors (Lipinski definition) is 1. The number of aromatic amines is 1. The average molecular weight is 259 g/mol. The minimum Gasteiger partial charge on any atom is -0.489 e. The quantitative estimate of drug-likeness (QED) is 0.662. The molecule has 4 nitrogen and oxygen atoms in total. The Bertz CT molecular complexity index is 613. The first-order valence-electron chi connectivity index (χ1n) is 6.17. The van der Waals surface area contributed by atoms with Crippen molar-refractivity contribution in [2.24, 2.45) is 0 Å². The van der Waals surface area contributed by atoms with E-state index in [9.17, 15) is 4.79 Å². The number of carbonyl (C=O) groups excluding carboxylic acids is 1. The van der Waals surface area contributed by atoms with Crippen molar-refractivity contribution in [3.63, 3.8) is 0 Å². The van der Waals surface area contributed by atoms with Crippen LogP contribution in [0.15, 0.2) is 36.4 Å². The Morgan fingerprint density at radius 2 is 2.16 bits per heavy atom. The molecule has 0 atom stereocenters. The van der Waals surface area contributed by atoms with Gasteiger partial charge in [-0.2, -0.15) is 0 Å². The molecule has 1 aromatic carbocycles. The molecule has 0 saturated heterocycles. The first-order valence-corrected chi connectivity index (χ1v) is 6.17. The van der Waals surface area contributed by atoms with Crippen molar-refractivity contribution < 1.29 is 14.3 Å². The SMILES string of the molecule is C=C(C)COc1ccc2[nH]c(C(=O)OCC)cc2c1. The first-order chi connectivity index (χ1) is 9.10. The van der Waals surface area contributed by atoms with E-state index in [-0.39, 0.29) is 5.97 Å².